The van der Waals surface area contributed by atoms with Crippen LogP contribution in [0.5, 0.6) is 0 Å². The topological polar surface area (TPSA) is 29.1 Å². The fraction of sp³-hybridized carbons (Fsp3) is 0.278. The standard InChI is InChI=1S/C18H19NO/c1-13(11-12-14-7-3-2-4-8-14)17-15-9-5-6-10-16(15)19-18(17)20/h2-10,13,17H,11-12H2,1H3,(H,19,20)/t13-,17+/m1/s1. The van der Waals surface area contributed by atoms with E-state index in [0.717, 1.165) is 24.1 Å². The molecule has 1 aliphatic heterocycles. The second-order valence-electron chi connectivity index (χ2n) is 5.56. The van der Waals surface area contributed by atoms with Crippen molar-refractivity contribution in [2.75, 3.05) is 5.32 Å². The van der Waals surface area contributed by atoms with Gasteiger partial charge < -0.3 is 5.32 Å². The number of fused-ring (bicyclic) bond motifs is 1. The molecule has 0 aliphatic carbocycles. The number of aryl methyl sites for hydroxylation is 1. The van der Waals surface area contributed by atoms with Crippen LogP contribution in [0.1, 0.15) is 30.4 Å². The van der Waals surface area contributed by atoms with Crippen molar-refractivity contribution in [3.8, 4) is 0 Å². The third-order valence-corrected chi connectivity index (χ3v) is 4.14. The number of rotatable bonds is 4. The molecular weight excluding hydrogens is 246 g/mol. The normalized spacial score (nSPS) is 18.4. The lowest BCUT2D eigenvalue weighted by Crippen LogP contribution is -2.19. The van der Waals surface area contributed by atoms with Crippen LogP contribution in [-0.2, 0) is 11.2 Å². The molecule has 0 spiro atoms. The molecule has 2 aromatic rings. The monoisotopic (exact) mass is 265 g/mol. The summed E-state index contributed by atoms with van der Waals surface area (Å²) in [6.45, 7) is 2.18. The lowest BCUT2D eigenvalue weighted by atomic mass is 9.84. The molecule has 1 N–H and O–H groups in total. The summed E-state index contributed by atoms with van der Waals surface area (Å²) in [5.41, 5.74) is 3.47. The summed E-state index contributed by atoms with van der Waals surface area (Å²) in [6.07, 6.45) is 2.05. The van der Waals surface area contributed by atoms with Gasteiger partial charge in [0.2, 0.25) is 5.91 Å². The summed E-state index contributed by atoms with van der Waals surface area (Å²) in [4.78, 5) is 12.2. The van der Waals surface area contributed by atoms with E-state index in [2.05, 4.69) is 42.6 Å². The first-order chi connectivity index (χ1) is 9.75. The first-order valence-electron chi connectivity index (χ1n) is 7.19. The predicted molar refractivity (Wildman–Crippen MR) is 81.7 cm³/mol. The SMILES string of the molecule is C[C@H](CCc1ccccc1)[C@@H]1C(=O)Nc2ccccc21. The van der Waals surface area contributed by atoms with Gasteiger partial charge in [-0.1, -0.05) is 55.5 Å². The molecule has 102 valence electrons. The summed E-state index contributed by atoms with van der Waals surface area (Å²) in [7, 11) is 0. The van der Waals surface area contributed by atoms with Gasteiger partial charge in [0.25, 0.3) is 0 Å². The van der Waals surface area contributed by atoms with Crippen LogP contribution in [0.4, 0.5) is 5.69 Å². The van der Waals surface area contributed by atoms with Crippen molar-refractivity contribution in [3.63, 3.8) is 0 Å². The Balaban J connectivity index is 1.71. The molecule has 0 bridgehead atoms. The van der Waals surface area contributed by atoms with Crippen LogP contribution < -0.4 is 5.32 Å². The minimum Gasteiger partial charge on any atom is -0.325 e. The van der Waals surface area contributed by atoms with Crippen molar-refractivity contribution in [1.29, 1.82) is 0 Å². The van der Waals surface area contributed by atoms with Crippen LogP contribution in [0, 0.1) is 5.92 Å². The van der Waals surface area contributed by atoms with Crippen molar-refractivity contribution >= 4 is 11.6 Å². The number of benzene rings is 2. The number of hydrogen-bond donors (Lipinski definition) is 1. The first kappa shape index (κ1) is 12.9. The largest absolute Gasteiger partial charge is 0.325 e. The van der Waals surface area contributed by atoms with Crippen molar-refractivity contribution in [2.24, 2.45) is 5.92 Å². The number of nitrogens with one attached hydrogen (secondary N) is 1. The average Bonchev–Trinajstić information content (AvgIpc) is 2.82. The van der Waals surface area contributed by atoms with Gasteiger partial charge >= 0.3 is 0 Å². The molecule has 0 saturated heterocycles. The number of anilines is 1. The van der Waals surface area contributed by atoms with Crippen LogP contribution in [0.25, 0.3) is 0 Å². The third-order valence-electron chi connectivity index (χ3n) is 4.14. The molecule has 2 nitrogen and oxygen atoms in total. The van der Waals surface area contributed by atoms with Gasteiger partial charge in [0.15, 0.2) is 0 Å². The molecule has 0 unspecified atom stereocenters. The Labute approximate surface area is 119 Å². The van der Waals surface area contributed by atoms with Gasteiger partial charge in [0.1, 0.15) is 0 Å². The van der Waals surface area contributed by atoms with E-state index in [9.17, 15) is 4.79 Å². The summed E-state index contributed by atoms with van der Waals surface area (Å²) >= 11 is 0. The zero-order chi connectivity index (χ0) is 13.9. The molecule has 1 heterocycles. The molecule has 20 heavy (non-hydrogen) atoms. The molecule has 1 amide bonds. The van der Waals surface area contributed by atoms with E-state index in [4.69, 9.17) is 0 Å². The van der Waals surface area contributed by atoms with Gasteiger partial charge in [0.05, 0.1) is 5.92 Å². The van der Waals surface area contributed by atoms with E-state index in [1.54, 1.807) is 0 Å². The quantitative estimate of drug-likeness (QED) is 0.889. The van der Waals surface area contributed by atoms with Crippen molar-refractivity contribution in [1.82, 2.24) is 0 Å². The number of carbonyl (C=O) groups is 1. The Morgan fingerprint density at radius 1 is 1.05 bits per heavy atom. The van der Waals surface area contributed by atoms with Crippen LogP contribution in [-0.4, -0.2) is 5.91 Å². The zero-order valence-corrected chi connectivity index (χ0v) is 11.7. The van der Waals surface area contributed by atoms with Gasteiger partial charge in [-0.15, -0.1) is 0 Å². The van der Waals surface area contributed by atoms with Crippen LogP contribution in [0.3, 0.4) is 0 Å². The van der Waals surface area contributed by atoms with E-state index in [1.807, 2.05) is 24.3 Å². The van der Waals surface area contributed by atoms with Crippen LogP contribution in [0.15, 0.2) is 54.6 Å². The van der Waals surface area contributed by atoms with Gasteiger partial charge in [-0.2, -0.15) is 0 Å². The number of hydrogen-bond acceptors (Lipinski definition) is 1. The molecule has 1 aliphatic rings. The fourth-order valence-electron chi connectivity index (χ4n) is 3.00. The molecule has 0 saturated carbocycles. The number of carbonyl (C=O) groups excluding carboxylic acids is 1. The van der Waals surface area contributed by atoms with Gasteiger partial charge in [-0.3, -0.25) is 4.79 Å². The van der Waals surface area contributed by atoms with Crippen molar-refractivity contribution in [3.05, 3.63) is 65.7 Å². The molecule has 2 aromatic carbocycles. The number of amides is 1. The molecule has 0 radical (unpaired) electrons. The summed E-state index contributed by atoms with van der Waals surface area (Å²) < 4.78 is 0. The average molecular weight is 265 g/mol. The van der Waals surface area contributed by atoms with E-state index >= 15 is 0 Å². The Morgan fingerprint density at radius 2 is 1.75 bits per heavy atom. The molecule has 3 rings (SSSR count). The second kappa shape index (κ2) is 5.49. The highest BCUT2D eigenvalue weighted by Crippen LogP contribution is 2.38. The van der Waals surface area contributed by atoms with E-state index in [0.29, 0.717) is 5.92 Å². The highest BCUT2D eigenvalue weighted by atomic mass is 16.2. The molecule has 2 atom stereocenters. The predicted octanol–water partition coefficient (Wildman–Crippen LogP) is 3.99. The summed E-state index contributed by atoms with van der Waals surface area (Å²) in [5.74, 6) is 0.487. The second-order valence-corrected chi connectivity index (χ2v) is 5.56. The van der Waals surface area contributed by atoms with Crippen molar-refractivity contribution < 1.29 is 4.79 Å². The summed E-state index contributed by atoms with van der Waals surface area (Å²) in [5, 5.41) is 2.99. The Hall–Kier alpha value is -2.09. The zero-order valence-electron chi connectivity index (χ0n) is 11.7. The highest BCUT2D eigenvalue weighted by Gasteiger charge is 2.33. The van der Waals surface area contributed by atoms with Gasteiger partial charge in [0, 0.05) is 5.69 Å². The highest BCUT2D eigenvalue weighted by molar-refractivity contribution is 6.03. The van der Waals surface area contributed by atoms with Crippen LogP contribution in [0.2, 0.25) is 0 Å². The molecule has 2 heteroatoms. The Morgan fingerprint density at radius 3 is 2.55 bits per heavy atom. The lowest BCUT2D eigenvalue weighted by Gasteiger charge is -2.18. The van der Waals surface area contributed by atoms with Gasteiger partial charge in [-0.05, 0) is 36.0 Å². The smallest absolute Gasteiger partial charge is 0.232 e. The maximum atomic E-state index is 12.2. The minimum absolute atomic E-state index is 0.00471. The van der Waals surface area contributed by atoms with E-state index in [-0.39, 0.29) is 11.8 Å². The maximum absolute atomic E-state index is 12.2. The van der Waals surface area contributed by atoms with E-state index in [1.165, 1.54) is 5.56 Å². The summed E-state index contributed by atoms with van der Waals surface area (Å²) in [6, 6.07) is 18.5. The number of para-hydroxylation sites is 1. The Kier molecular flexibility index (Phi) is 3.55. The first-order valence-corrected chi connectivity index (χ1v) is 7.19. The molecular formula is C18H19NO. The lowest BCUT2D eigenvalue weighted by molar-refractivity contribution is -0.118. The van der Waals surface area contributed by atoms with Crippen molar-refractivity contribution in [2.45, 2.75) is 25.7 Å². The third kappa shape index (κ3) is 2.46. The maximum Gasteiger partial charge on any atom is 0.232 e. The minimum atomic E-state index is -0.00471. The molecule has 0 aromatic heterocycles. The Bertz CT molecular complexity index is 606. The molecule has 0 fully saturated rings. The van der Waals surface area contributed by atoms with Crippen LogP contribution >= 0.6 is 0 Å². The van der Waals surface area contributed by atoms with Gasteiger partial charge in [-0.25, -0.2) is 0 Å². The van der Waals surface area contributed by atoms with E-state index < -0.39 is 0 Å². The fourth-order valence-corrected chi connectivity index (χ4v) is 3.00.